The molecule has 1 saturated heterocycles. The van der Waals surface area contributed by atoms with Crippen molar-refractivity contribution in [3.8, 4) is 0 Å². The Morgan fingerprint density at radius 2 is 1.89 bits per heavy atom. The Morgan fingerprint density at radius 3 is 2.57 bits per heavy atom. The molecule has 1 aromatic carbocycles. The second kappa shape index (κ2) is 10.5. The van der Waals surface area contributed by atoms with Crippen LogP contribution in [0, 0.1) is 5.92 Å². The molecule has 1 aromatic rings. The van der Waals surface area contributed by atoms with Crippen LogP contribution in [0.25, 0.3) is 0 Å². The van der Waals surface area contributed by atoms with E-state index in [1.807, 2.05) is 4.90 Å². The molecular weight excluding hydrogens is 352 g/mol. The van der Waals surface area contributed by atoms with Gasteiger partial charge in [0.1, 0.15) is 0 Å². The van der Waals surface area contributed by atoms with E-state index in [9.17, 15) is 4.79 Å². The molecule has 2 aliphatic rings. The van der Waals surface area contributed by atoms with E-state index in [-0.39, 0.29) is 12.0 Å². The fourth-order valence-corrected chi connectivity index (χ4v) is 4.10. The Hall–Kier alpha value is -2.08. The van der Waals surface area contributed by atoms with Gasteiger partial charge in [0.25, 0.3) is 0 Å². The van der Waals surface area contributed by atoms with E-state index in [0.717, 1.165) is 44.9 Å². The van der Waals surface area contributed by atoms with Crippen molar-refractivity contribution in [2.75, 3.05) is 26.7 Å². The summed E-state index contributed by atoms with van der Waals surface area (Å²) >= 11 is 0. The largest absolute Gasteiger partial charge is 0.380 e. The van der Waals surface area contributed by atoms with E-state index >= 15 is 0 Å². The van der Waals surface area contributed by atoms with E-state index in [1.54, 1.807) is 7.11 Å². The van der Waals surface area contributed by atoms with Gasteiger partial charge in [-0.05, 0) is 37.3 Å². The van der Waals surface area contributed by atoms with Crippen LogP contribution in [0.4, 0.5) is 0 Å². The second-order valence-electron chi connectivity index (χ2n) is 7.84. The minimum atomic E-state index is 0.265. The topological polar surface area (TPSA) is 66.0 Å². The molecule has 1 aliphatic heterocycles. The first-order valence-electron chi connectivity index (χ1n) is 10.6. The first-order chi connectivity index (χ1) is 13.7. The number of hydrogen-bond donors (Lipinski definition) is 2. The highest BCUT2D eigenvalue weighted by Gasteiger charge is 2.32. The minimum absolute atomic E-state index is 0.265. The number of aliphatic imine (C=N–C) groups is 1. The molecule has 0 radical (unpaired) electrons. The third kappa shape index (κ3) is 5.71. The molecule has 2 N–H and O–H groups in total. The summed E-state index contributed by atoms with van der Waals surface area (Å²) in [6.07, 6.45) is 5.53. The van der Waals surface area contributed by atoms with Crippen LogP contribution in [0.1, 0.15) is 50.2 Å². The first-order valence-corrected chi connectivity index (χ1v) is 10.6. The summed E-state index contributed by atoms with van der Waals surface area (Å²) in [7, 11) is 1.71. The van der Waals surface area contributed by atoms with Crippen molar-refractivity contribution < 1.29 is 9.53 Å². The molecule has 1 unspecified atom stereocenters. The fraction of sp³-hybridized carbons (Fsp3) is 0.636. The normalized spacial score (nSPS) is 20.6. The number of hydrogen-bond acceptors (Lipinski definition) is 3. The van der Waals surface area contributed by atoms with Gasteiger partial charge in [-0.15, -0.1) is 0 Å². The van der Waals surface area contributed by atoms with Crippen molar-refractivity contribution in [3.63, 3.8) is 0 Å². The van der Waals surface area contributed by atoms with Crippen LogP contribution >= 0.6 is 0 Å². The predicted octanol–water partition coefficient (Wildman–Crippen LogP) is 2.68. The van der Waals surface area contributed by atoms with Crippen molar-refractivity contribution >= 4 is 11.9 Å². The van der Waals surface area contributed by atoms with Gasteiger partial charge in [0.2, 0.25) is 5.91 Å². The van der Waals surface area contributed by atoms with Crippen LogP contribution in [0.3, 0.4) is 0 Å². The van der Waals surface area contributed by atoms with Crippen LogP contribution in [0.15, 0.2) is 29.3 Å². The fourth-order valence-electron chi connectivity index (χ4n) is 4.10. The lowest BCUT2D eigenvalue weighted by molar-refractivity contribution is -0.134. The molecular formula is C22H34N4O2. The van der Waals surface area contributed by atoms with Crippen molar-refractivity contribution in [2.24, 2.45) is 10.9 Å². The molecule has 6 heteroatoms. The summed E-state index contributed by atoms with van der Waals surface area (Å²) in [4.78, 5) is 19.4. The molecule has 1 aliphatic carbocycles. The van der Waals surface area contributed by atoms with Gasteiger partial charge >= 0.3 is 0 Å². The zero-order valence-electron chi connectivity index (χ0n) is 17.2. The number of ether oxygens (including phenoxy) is 1. The molecule has 0 spiro atoms. The number of amides is 1. The minimum Gasteiger partial charge on any atom is -0.380 e. The summed E-state index contributed by atoms with van der Waals surface area (Å²) in [5.74, 6) is 1.45. The Morgan fingerprint density at radius 1 is 1.18 bits per heavy atom. The van der Waals surface area contributed by atoms with Crippen LogP contribution in [0.2, 0.25) is 0 Å². The molecule has 1 amide bonds. The Balaban J connectivity index is 1.52. The van der Waals surface area contributed by atoms with Gasteiger partial charge in [-0.3, -0.25) is 4.79 Å². The molecule has 3 rings (SSSR count). The highest BCUT2D eigenvalue weighted by molar-refractivity contribution is 5.81. The number of nitrogens with zero attached hydrogens (tertiary/aromatic N) is 2. The Labute approximate surface area is 168 Å². The van der Waals surface area contributed by atoms with Crippen molar-refractivity contribution in [1.82, 2.24) is 15.5 Å². The van der Waals surface area contributed by atoms with Crippen LogP contribution < -0.4 is 10.6 Å². The lowest BCUT2D eigenvalue weighted by Gasteiger charge is -2.21. The maximum atomic E-state index is 12.6. The van der Waals surface area contributed by atoms with E-state index in [4.69, 9.17) is 9.73 Å². The summed E-state index contributed by atoms with van der Waals surface area (Å²) in [6, 6.07) is 8.63. The number of nitrogens with one attached hydrogen (secondary N) is 2. The molecule has 1 saturated carbocycles. The van der Waals surface area contributed by atoms with Crippen molar-refractivity contribution in [1.29, 1.82) is 0 Å². The van der Waals surface area contributed by atoms with Crippen molar-refractivity contribution in [2.45, 2.75) is 58.2 Å². The SMILES string of the molecule is CCNC(=NCc1ccc(COC)cc1)NC1CCN(C(=O)C2CCCC2)C1. The monoisotopic (exact) mass is 386 g/mol. The number of benzene rings is 1. The highest BCUT2D eigenvalue weighted by Crippen LogP contribution is 2.27. The van der Waals surface area contributed by atoms with Gasteiger partial charge in [-0.25, -0.2) is 4.99 Å². The van der Waals surface area contributed by atoms with Crippen molar-refractivity contribution in [3.05, 3.63) is 35.4 Å². The maximum Gasteiger partial charge on any atom is 0.225 e. The Kier molecular flexibility index (Phi) is 7.71. The molecule has 1 heterocycles. The Bertz CT molecular complexity index is 653. The number of guanidine groups is 1. The van der Waals surface area contributed by atoms with Gasteiger partial charge in [0, 0.05) is 38.7 Å². The number of carbonyl (C=O) groups excluding carboxylic acids is 1. The van der Waals surface area contributed by atoms with Gasteiger partial charge in [-0.1, -0.05) is 37.1 Å². The van der Waals surface area contributed by atoms with Gasteiger partial charge in [0.05, 0.1) is 13.2 Å². The third-order valence-electron chi connectivity index (χ3n) is 5.64. The smallest absolute Gasteiger partial charge is 0.225 e. The van der Waals surface area contributed by atoms with E-state index < -0.39 is 0 Å². The molecule has 0 bridgehead atoms. The lowest BCUT2D eigenvalue weighted by atomic mass is 10.1. The summed E-state index contributed by atoms with van der Waals surface area (Å²) in [5.41, 5.74) is 2.33. The van der Waals surface area contributed by atoms with Gasteiger partial charge in [-0.2, -0.15) is 0 Å². The maximum absolute atomic E-state index is 12.6. The van der Waals surface area contributed by atoms with Crippen LogP contribution in [-0.4, -0.2) is 49.6 Å². The van der Waals surface area contributed by atoms with E-state index in [0.29, 0.717) is 19.1 Å². The number of likely N-dealkylation sites (tertiary alicyclic amines) is 1. The molecule has 0 aromatic heterocycles. The van der Waals surface area contributed by atoms with E-state index in [1.165, 1.54) is 24.0 Å². The molecule has 28 heavy (non-hydrogen) atoms. The quantitative estimate of drug-likeness (QED) is 0.559. The average molecular weight is 387 g/mol. The summed E-state index contributed by atoms with van der Waals surface area (Å²) < 4.78 is 5.15. The van der Waals surface area contributed by atoms with Gasteiger partial charge in [0.15, 0.2) is 5.96 Å². The van der Waals surface area contributed by atoms with Crippen LogP contribution in [-0.2, 0) is 22.7 Å². The zero-order chi connectivity index (χ0) is 19.8. The molecule has 1 atom stereocenters. The number of carbonyl (C=O) groups is 1. The highest BCUT2D eigenvalue weighted by atomic mass is 16.5. The molecule has 2 fully saturated rings. The summed E-state index contributed by atoms with van der Waals surface area (Å²) in [6.45, 7) is 5.78. The first kappa shape index (κ1) is 20.6. The number of methoxy groups -OCH3 is 1. The van der Waals surface area contributed by atoms with E-state index in [2.05, 4.69) is 41.8 Å². The molecule has 154 valence electrons. The predicted molar refractivity (Wildman–Crippen MR) is 112 cm³/mol. The zero-order valence-corrected chi connectivity index (χ0v) is 17.2. The second-order valence-corrected chi connectivity index (χ2v) is 7.84. The van der Waals surface area contributed by atoms with Crippen LogP contribution in [0.5, 0.6) is 0 Å². The van der Waals surface area contributed by atoms with Gasteiger partial charge < -0.3 is 20.3 Å². The lowest BCUT2D eigenvalue weighted by Crippen LogP contribution is -2.45. The third-order valence-corrected chi connectivity index (χ3v) is 5.64. The standard InChI is InChI=1S/C22H34N4O2/c1-3-23-22(24-14-17-8-10-18(11-9-17)16-28-2)25-20-12-13-26(15-20)21(27)19-6-4-5-7-19/h8-11,19-20H,3-7,12-16H2,1-2H3,(H2,23,24,25). The summed E-state index contributed by atoms with van der Waals surface area (Å²) in [5, 5.41) is 6.85. The molecule has 6 nitrogen and oxygen atoms in total. The average Bonchev–Trinajstić information content (AvgIpc) is 3.39. The number of rotatable bonds is 7.